The van der Waals surface area contributed by atoms with E-state index in [0.29, 0.717) is 6.54 Å². The van der Waals surface area contributed by atoms with E-state index >= 15 is 0 Å². The highest BCUT2D eigenvalue weighted by atomic mass is 16.2. The normalized spacial score (nSPS) is 15.0. The summed E-state index contributed by atoms with van der Waals surface area (Å²) in [7, 11) is 0. The van der Waals surface area contributed by atoms with Crippen molar-refractivity contribution in [2.75, 3.05) is 5.32 Å². The highest BCUT2D eigenvalue weighted by Crippen LogP contribution is 2.39. The molecule has 2 aromatic rings. The van der Waals surface area contributed by atoms with E-state index in [1.165, 1.54) is 11.1 Å². The molecule has 1 fully saturated rings. The van der Waals surface area contributed by atoms with Gasteiger partial charge in [-0.25, -0.2) is 4.79 Å². The van der Waals surface area contributed by atoms with E-state index in [1.807, 2.05) is 30.3 Å². The van der Waals surface area contributed by atoms with Crippen molar-refractivity contribution in [1.29, 1.82) is 0 Å². The van der Waals surface area contributed by atoms with Gasteiger partial charge < -0.3 is 16.4 Å². The average Bonchev–Trinajstić information content (AvgIpc) is 3.29. The molecule has 0 aliphatic heterocycles. The molecule has 0 spiro atoms. The van der Waals surface area contributed by atoms with Crippen LogP contribution in [0.15, 0.2) is 48.5 Å². The van der Waals surface area contributed by atoms with Crippen LogP contribution in [-0.2, 0) is 13.0 Å². The Morgan fingerprint density at radius 2 is 1.96 bits per heavy atom. The number of hydrogen-bond acceptors (Lipinski definition) is 2. The summed E-state index contributed by atoms with van der Waals surface area (Å²) in [5.74, 6) is 0. The van der Waals surface area contributed by atoms with E-state index in [1.54, 1.807) is 0 Å². The summed E-state index contributed by atoms with van der Waals surface area (Å²) < 4.78 is 0. The summed E-state index contributed by atoms with van der Waals surface area (Å²) in [4.78, 5) is 12.3. The molecule has 0 saturated heterocycles. The lowest BCUT2D eigenvalue weighted by molar-refractivity contribution is 0.247. The maximum absolute atomic E-state index is 12.3. The molecule has 4 nitrogen and oxygen atoms in total. The third kappa shape index (κ3) is 3.90. The number of rotatable bonds is 5. The lowest BCUT2D eigenvalue weighted by Gasteiger charge is -2.19. The zero-order valence-electron chi connectivity index (χ0n) is 13.4. The van der Waals surface area contributed by atoms with Crippen LogP contribution in [0.1, 0.15) is 29.5 Å². The molecule has 0 heterocycles. The van der Waals surface area contributed by atoms with Gasteiger partial charge in [-0.1, -0.05) is 36.4 Å². The number of carbonyl (C=O) groups excluding carboxylic acids is 1. The molecule has 2 aromatic carbocycles. The third-order valence-corrected chi connectivity index (χ3v) is 4.44. The maximum Gasteiger partial charge on any atom is 0.319 e. The molecule has 2 amide bonds. The first-order valence-electron chi connectivity index (χ1n) is 8.03. The lowest BCUT2D eigenvalue weighted by atomic mass is 10.00. The number of aryl methyl sites for hydroxylation is 1. The van der Waals surface area contributed by atoms with Gasteiger partial charge >= 0.3 is 6.03 Å². The molecule has 0 aromatic heterocycles. The minimum Gasteiger partial charge on any atom is -0.332 e. The van der Waals surface area contributed by atoms with E-state index < -0.39 is 0 Å². The van der Waals surface area contributed by atoms with Crippen molar-refractivity contribution in [3.05, 3.63) is 65.2 Å². The smallest absolute Gasteiger partial charge is 0.319 e. The number of urea groups is 1. The van der Waals surface area contributed by atoms with E-state index in [4.69, 9.17) is 5.73 Å². The molecule has 120 valence electrons. The van der Waals surface area contributed by atoms with Gasteiger partial charge in [0, 0.05) is 17.8 Å². The Morgan fingerprint density at radius 3 is 2.65 bits per heavy atom. The van der Waals surface area contributed by atoms with Crippen molar-refractivity contribution in [2.24, 2.45) is 5.73 Å². The van der Waals surface area contributed by atoms with Crippen molar-refractivity contribution in [1.82, 2.24) is 5.32 Å². The first-order chi connectivity index (χ1) is 11.1. The van der Waals surface area contributed by atoms with Gasteiger partial charge in [0.25, 0.3) is 0 Å². The SMILES string of the molecule is Cc1ccccc1CC1(NC(=O)Nc2cccc(CN)c2)CC1. The molecule has 3 rings (SSSR count). The standard InChI is InChI=1S/C19H23N3O/c1-14-5-2-3-7-16(14)12-19(9-10-19)22-18(23)21-17-8-4-6-15(11-17)13-20/h2-8,11H,9-10,12-13,20H2,1H3,(H2,21,22,23). The molecule has 0 unspecified atom stereocenters. The third-order valence-electron chi connectivity index (χ3n) is 4.44. The Kier molecular flexibility index (Phi) is 4.35. The molecule has 1 aliphatic rings. The molecule has 0 atom stereocenters. The van der Waals surface area contributed by atoms with Crippen LogP contribution in [0.25, 0.3) is 0 Å². The number of benzene rings is 2. The number of anilines is 1. The monoisotopic (exact) mass is 309 g/mol. The van der Waals surface area contributed by atoms with E-state index in [0.717, 1.165) is 30.5 Å². The molecular weight excluding hydrogens is 286 g/mol. The van der Waals surface area contributed by atoms with Crippen molar-refractivity contribution >= 4 is 11.7 Å². The fourth-order valence-electron chi connectivity index (χ4n) is 2.85. The quantitative estimate of drug-likeness (QED) is 0.793. The second-order valence-corrected chi connectivity index (χ2v) is 6.37. The predicted molar refractivity (Wildman–Crippen MR) is 93.3 cm³/mol. The summed E-state index contributed by atoms with van der Waals surface area (Å²) in [6.07, 6.45) is 2.94. The van der Waals surface area contributed by atoms with Gasteiger partial charge in [-0.3, -0.25) is 0 Å². The Labute approximate surface area is 137 Å². The number of carbonyl (C=O) groups is 1. The fourth-order valence-corrected chi connectivity index (χ4v) is 2.85. The second kappa shape index (κ2) is 6.42. The van der Waals surface area contributed by atoms with E-state index in [2.05, 4.69) is 35.8 Å². The van der Waals surface area contributed by atoms with E-state index in [9.17, 15) is 4.79 Å². The summed E-state index contributed by atoms with van der Waals surface area (Å²) in [5.41, 5.74) is 9.89. The number of nitrogens with one attached hydrogen (secondary N) is 2. The first-order valence-corrected chi connectivity index (χ1v) is 8.03. The Hall–Kier alpha value is -2.33. The molecule has 1 saturated carbocycles. The number of amides is 2. The fraction of sp³-hybridized carbons (Fsp3) is 0.316. The van der Waals surface area contributed by atoms with Crippen molar-refractivity contribution in [2.45, 2.75) is 38.3 Å². The predicted octanol–water partition coefficient (Wildman–Crippen LogP) is 3.35. The number of nitrogens with two attached hydrogens (primary N) is 1. The van der Waals surface area contributed by atoms with Crippen LogP contribution in [0.2, 0.25) is 0 Å². The van der Waals surface area contributed by atoms with Gasteiger partial charge in [0.2, 0.25) is 0 Å². The lowest BCUT2D eigenvalue weighted by Crippen LogP contribution is -2.41. The molecule has 4 heteroatoms. The molecule has 0 bridgehead atoms. The van der Waals surface area contributed by atoms with Gasteiger partial charge in [0.15, 0.2) is 0 Å². The zero-order valence-corrected chi connectivity index (χ0v) is 13.4. The average molecular weight is 309 g/mol. The highest BCUT2D eigenvalue weighted by Gasteiger charge is 2.44. The van der Waals surface area contributed by atoms with Crippen LogP contribution < -0.4 is 16.4 Å². The van der Waals surface area contributed by atoms with Gasteiger partial charge in [-0.15, -0.1) is 0 Å². The van der Waals surface area contributed by atoms with Crippen molar-refractivity contribution in [3.8, 4) is 0 Å². The highest BCUT2D eigenvalue weighted by molar-refractivity contribution is 5.90. The topological polar surface area (TPSA) is 67.2 Å². The Balaban J connectivity index is 1.62. The van der Waals surface area contributed by atoms with Crippen molar-refractivity contribution < 1.29 is 4.79 Å². The van der Waals surface area contributed by atoms with E-state index in [-0.39, 0.29) is 11.6 Å². The molecule has 4 N–H and O–H groups in total. The summed E-state index contributed by atoms with van der Waals surface area (Å²) in [5, 5.41) is 6.06. The van der Waals surface area contributed by atoms with Gasteiger partial charge in [-0.05, 0) is 55.0 Å². The second-order valence-electron chi connectivity index (χ2n) is 6.37. The molecule has 0 radical (unpaired) electrons. The van der Waals surface area contributed by atoms with Crippen LogP contribution in [0, 0.1) is 6.92 Å². The molecule has 23 heavy (non-hydrogen) atoms. The first kappa shape index (κ1) is 15.6. The minimum absolute atomic E-state index is 0.0956. The van der Waals surface area contributed by atoms with Crippen molar-refractivity contribution in [3.63, 3.8) is 0 Å². The van der Waals surface area contributed by atoms with Gasteiger partial charge in [0.1, 0.15) is 0 Å². The molecule has 1 aliphatic carbocycles. The van der Waals surface area contributed by atoms with Crippen LogP contribution in [0.5, 0.6) is 0 Å². The zero-order chi connectivity index (χ0) is 16.3. The maximum atomic E-state index is 12.3. The summed E-state index contributed by atoms with van der Waals surface area (Å²) >= 11 is 0. The summed E-state index contributed by atoms with van der Waals surface area (Å²) in [6.45, 7) is 2.58. The molecular formula is C19H23N3O. The Bertz CT molecular complexity index is 707. The minimum atomic E-state index is -0.148. The van der Waals surface area contributed by atoms with Crippen LogP contribution in [0.4, 0.5) is 10.5 Å². The van der Waals surface area contributed by atoms with Crippen LogP contribution in [0.3, 0.4) is 0 Å². The van der Waals surface area contributed by atoms with Crippen LogP contribution in [-0.4, -0.2) is 11.6 Å². The summed E-state index contributed by atoms with van der Waals surface area (Å²) in [6, 6.07) is 15.8. The number of hydrogen-bond donors (Lipinski definition) is 3. The van der Waals surface area contributed by atoms with Crippen LogP contribution >= 0.6 is 0 Å². The van der Waals surface area contributed by atoms with Gasteiger partial charge in [0.05, 0.1) is 0 Å². The Morgan fingerprint density at radius 1 is 1.17 bits per heavy atom. The van der Waals surface area contributed by atoms with Gasteiger partial charge in [-0.2, -0.15) is 0 Å². The largest absolute Gasteiger partial charge is 0.332 e.